The molecule has 0 fully saturated rings. The number of nitrogens with one attached hydrogen (secondary N) is 2. The lowest BCUT2D eigenvalue weighted by Gasteiger charge is -2.23. The van der Waals surface area contributed by atoms with Crippen LogP contribution in [0.2, 0.25) is 0 Å². The van der Waals surface area contributed by atoms with E-state index >= 15 is 0 Å². The average molecular weight is 371 g/mol. The Morgan fingerprint density at radius 1 is 1.42 bits per heavy atom. The molecule has 0 bridgehead atoms. The van der Waals surface area contributed by atoms with Crippen molar-refractivity contribution >= 4 is 23.2 Å². The van der Waals surface area contributed by atoms with Gasteiger partial charge in [0.2, 0.25) is 0 Å². The number of aryl methyl sites for hydroxylation is 2. The standard InChI is InChI=1S/C17H21N7OS/c1-2-14-20-16-13(4-3-8-23(16)22-14)19-17(25)21-15-5-7-18-24(15)10-12-6-9-26-11-12/h5-7,9,11,13H,2-4,8,10H2,1H3,(H2,19,21,25). The molecule has 2 N–H and O–H groups in total. The van der Waals surface area contributed by atoms with E-state index in [1.54, 1.807) is 28.3 Å². The summed E-state index contributed by atoms with van der Waals surface area (Å²) in [5.41, 5.74) is 1.16. The zero-order valence-electron chi connectivity index (χ0n) is 14.6. The number of carbonyl (C=O) groups is 1. The number of hydrogen-bond acceptors (Lipinski definition) is 5. The summed E-state index contributed by atoms with van der Waals surface area (Å²) < 4.78 is 3.69. The molecule has 0 saturated carbocycles. The van der Waals surface area contributed by atoms with Crippen molar-refractivity contribution in [3.05, 3.63) is 46.3 Å². The highest BCUT2D eigenvalue weighted by Crippen LogP contribution is 2.23. The second kappa shape index (κ2) is 7.28. The smallest absolute Gasteiger partial charge is 0.320 e. The molecule has 3 aromatic rings. The van der Waals surface area contributed by atoms with Crippen molar-refractivity contribution in [3.63, 3.8) is 0 Å². The van der Waals surface area contributed by atoms with Gasteiger partial charge in [-0.2, -0.15) is 21.5 Å². The third-order valence-electron chi connectivity index (χ3n) is 4.41. The van der Waals surface area contributed by atoms with E-state index in [4.69, 9.17) is 0 Å². The molecule has 4 heterocycles. The van der Waals surface area contributed by atoms with Crippen LogP contribution >= 0.6 is 11.3 Å². The summed E-state index contributed by atoms with van der Waals surface area (Å²) >= 11 is 1.65. The monoisotopic (exact) mass is 371 g/mol. The molecule has 2 amide bonds. The molecule has 136 valence electrons. The van der Waals surface area contributed by atoms with Gasteiger partial charge in [-0.1, -0.05) is 6.92 Å². The number of rotatable bonds is 5. The summed E-state index contributed by atoms with van der Waals surface area (Å²) in [4.78, 5) is 17.1. The summed E-state index contributed by atoms with van der Waals surface area (Å²) in [7, 11) is 0. The summed E-state index contributed by atoms with van der Waals surface area (Å²) in [6.45, 7) is 3.52. The molecule has 0 aliphatic carbocycles. The molecular weight excluding hydrogens is 350 g/mol. The van der Waals surface area contributed by atoms with Crippen molar-refractivity contribution in [2.24, 2.45) is 0 Å². The molecule has 0 radical (unpaired) electrons. The summed E-state index contributed by atoms with van der Waals surface area (Å²) in [6.07, 6.45) is 4.32. The Labute approximate surface area is 155 Å². The van der Waals surface area contributed by atoms with Gasteiger partial charge in [0.25, 0.3) is 0 Å². The first-order chi connectivity index (χ1) is 12.7. The third kappa shape index (κ3) is 3.48. The largest absolute Gasteiger partial charge is 0.328 e. The molecule has 26 heavy (non-hydrogen) atoms. The fourth-order valence-corrected chi connectivity index (χ4v) is 3.78. The van der Waals surface area contributed by atoms with Gasteiger partial charge < -0.3 is 5.32 Å². The van der Waals surface area contributed by atoms with Crippen LogP contribution < -0.4 is 10.6 Å². The SMILES string of the molecule is CCc1nc2n(n1)CCCC2NC(=O)Nc1ccnn1Cc1ccsc1. The van der Waals surface area contributed by atoms with Crippen molar-refractivity contribution < 1.29 is 4.79 Å². The second-order valence-electron chi connectivity index (χ2n) is 6.26. The fraction of sp³-hybridized carbons (Fsp3) is 0.412. The first kappa shape index (κ1) is 16.8. The molecule has 1 atom stereocenters. The van der Waals surface area contributed by atoms with Gasteiger partial charge in [-0.3, -0.25) is 5.32 Å². The summed E-state index contributed by atoms with van der Waals surface area (Å²) in [6, 6.07) is 3.47. The van der Waals surface area contributed by atoms with E-state index in [9.17, 15) is 4.79 Å². The van der Waals surface area contributed by atoms with E-state index in [0.717, 1.165) is 43.0 Å². The molecule has 3 aromatic heterocycles. The number of aromatic nitrogens is 5. The van der Waals surface area contributed by atoms with Crippen LogP contribution in [0.25, 0.3) is 0 Å². The maximum Gasteiger partial charge on any atom is 0.320 e. The molecule has 4 rings (SSSR count). The minimum absolute atomic E-state index is 0.121. The molecule has 1 aliphatic rings. The summed E-state index contributed by atoms with van der Waals surface area (Å²) in [5.74, 6) is 2.33. The molecule has 0 saturated heterocycles. The van der Waals surface area contributed by atoms with E-state index in [2.05, 4.69) is 37.3 Å². The van der Waals surface area contributed by atoms with Gasteiger partial charge in [0.05, 0.1) is 18.8 Å². The predicted octanol–water partition coefficient (Wildman–Crippen LogP) is 2.80. The first-order valence-corrected chi connectivity index (χ1v) is 9.71. The van der Waals surface area contributed by atoms with E-state index in [1.807, 2.05) is 17.0 Å². The maximum absolute atomic E-state index is 12.5. The van der Waals surface area contributed by atoms with E-state index < -0.39 is 0 Å². The Morgan fingerprint density at radius 3 is 3.15 bits per heavy atom. The maximum atomic E-state index is 12.5. The molecular formula is C17H21N7OS. The van der Waals surface area contributed by atoms with Gasteiger partial charge >= 0.3 is 6.03 Å². The van der Waals surface area contributed by atoms with E-state index in [1.165, 1.54) is 0 Å². The Morgan fingerprint density at radius 2 is 2.35 bits per heavy atom. The number of carbonyl (C=O) groups excluding carboxylic acids is 1. The highest BCUT2D eigenvalue weighted by molar-refractivity contribution is 7.07. The lowest BCUT2D eigenvalue weighted by molar-refractivity contribution is 0.244. The Balaban J connectivity index is 1.43. The zero-order valence-corrected chi connectivity index (χ0v) is 15.4. The Hall–Kier alpha value is -2.68. The van der Waals surface area contributed by atoms with Crippen molar-refractivity contribution in [2.45, 2.75) is 45.3 Å². The highest BCUT2D eigenvalue weighted by atomic mass is 32.1. The van der Waals surface area contributed by atoms with E-state index in [-0.39, 0.29) is 12.1 Å². The first-order valence-electron chi connectivity index (χ1n) is 8.77. The van der Waals surface area contributed by atoms with E-state index in [0.29, 0.717) is 12.4 Å². The van der Waals surface area contributed by atoms with Crippen LogP contribution in [0.3, 0.4) is 0 Å². The molecule has 1 unspecified atom stereocenters. The van der Waals surface area contributed by atoms with Crippen LogP contribution in [-0.2, 0) is 19.5 Å². The minimum atomic E-state index is -0.253. The number of nitrogens with zero attached hydrogens (tertiary/aromatic N) is 5. The van der Waals surface area contributed by atoms with Crippen molar-refractivity contribution in [1.82, 2.24) is 29.9 Å². The number of thiophene rings is 1. The van der Waals surface area contributed by atoms with Crippen LogP contribution in [-0.4, -0.2) is 30.6 Å². The lowest BCUT2D eigenvalue weighted by atomic mass is 10.1. The zero-order chi connectivity index (χ0) is 17.9. The van der Waals surface area contributed by atoms with Crippen LogP contribution in [0, 0.1) is 0 Å². The second-order valence-corrected chi connectivity index (χ2v) is 7.04. The van der Waals surface area contributed by atoms with Crippen LogP contribution in [0.5, 0.6) is 0 Å². The van der Waals surface area contributed by atoms with Gasteiger partial charge in [0.15, 0.2) is 5.82 Å². The fourth-order valence-electron chi connectivity index (χ4n) is 3.12. The van der Waals surface area contributed by atoms with Gasteiger partial charge in [-0.25, -0.2) is 19.1 Å². The van der Waals surface area contributed by atoms with Crippen LogP contribution in [0.1, 0.15) is 43.0 Å². The minimum Gasteiger partial charge on any atom is -0.328 e. The lowest BCUT2D eigenvalue weighted by Crippen LogP contribution is -2.36. The topological polar surface area (TPSA) is 89.7 Å². The number of anilines is 1. The van der Waals surface area contributed by atoms with Gasteiger partial charge in [0, 0.05) is 19.0 Å². The molecule has 0 spiro atoms. The van der Waals surface area contributed by atoms with Gasteiger partial charge in [-0.05, 0) is 35.2 Å². The quantitative estimate of drug-likeness (QED) is 0.722. The average Bonchev–Trinajstić information content (AvgIpc) is 3.37. The molecule has 1 aliphatic heterocycles. The number of amides is 2. The number of hydrogen-bond donors (Lipinski definition) is 2. The van der Waals surface area contributed by atoms with Crippen LogP contribution in [0.4, 0.5) is 10.6 Å². The number of urea groups is 1. The van der Waals surface area contributed by atoms with Crippen molar-refractivity contribution in [1.29, 1.82) is 0 Å². The third-order valence-corrected chi connectivity index (χ3v) is 5.14. The van der Waals surface area contributed by atoms with Gasteiger partial charge in [0.1, 0.15) is 11.6 Å². The Bertz CT molecular complexity index is 883. The summed E-state index contributed by atoms with van der Waals surface area (Å²) in [5, 5.41) is 18.8. The molecule has 9 heteroatoms. The van der Waals surface area contributed by atoms with Crippen molar-refractivity contribution in [2.75, 3.05) is 5.32 Å². The number of fused-ring (bicyclic) bond motifs is 1. The predicted molar refractivity (Wildman–Crippen MR) is 99.2 cm³/mol. The normalized spacial score (nSPS) is 16.3. The van der Waals surface area contributed by atoms with Crippen molar-refractivity contribution in [3.8, 4) is 0 Å². The molecule has 8 nitrogen and oxygen atoms in total. The highest BCUT2D eigenvalue weighted by Gasteiger charge is 2.25. The van der Waals surface area contributed by atoms with Crippen LogP contribution in [0.15, 0.2) is 29.1 Å². The molecule has 0 aromatic carbocycles. The Kier molecular flexibility index (Phi) is 4.70. The van der Waals surface area contributed by atoms with Gasteiger partial charge in [-0.15, -0.1) is 0 Å².